The molecular weight excluding hydrogens is 845 g/mol. The van der Waals surface area contributed by atoms with Gasteiger partial charge in [0.2, 0.25) is 0 Å². The van der Waals surface area contributed by atoms with Gasteiger partial charge in [0, 0.05) is 43.7 Å². The molecule has 2 aliphatic rings. The molecule has 0 saturated heterocycles. The quantitative estimate of drug-likeness (QED) is 0.156. The first-order chi connectivity index (χ1) is 34.3. The highest BCUT2D eigenvalue weighted by atomic mass is 15.0. The predicted octanol–water partition coefficient (Wildman–Crippen LogP) is 18.1. The first-order valence-electron chi connectivity index (χ1n) is 24.8. The lowest BCUT2D eigenvalue weighted by Gasteiger charge is -2.28. The van der Waals surface area contributed by atoms with Crippen LogP contribution in [0.5, 0.6) is 0 Å². The molecule has 0 amide bonds. The van der Waals surface area contributed by atoms with Crippen LogP contribution >= 0.6 is 0 Å². The summed E-state index contributed by atoms with van der Waals surface area (Å²) in [5.74, 6) is 0. The fraction of sp³-hybridized carbons (Fsp3) is 0.0882. The summed E-state index contributed by atoms with van der Waals surface area (Å²) in [5, 5.41) is 10.0. The Labute approximate surface area is 407 Å². The van der Waals surface area contributed by atoms with Crippen LogP contribution in [0.1, 0.15) is 49.9 Å². The molecule has 2 aromatic heterocycles. The normalized spacial score (nSPS) is 14.2. The average Bonchev–Trinajstić information content (AvgIpc) is 4.07. The summed E-state index contributed by atoms with van der Waals surface area (Å²) in [5.41, 5.74) is 22.6. The van der Waals surface area contributed by atoms with E-state index in [0.29, 0.717) is 0 Å². The molecule has 2 nitrogen and oxygen atoms in total. The highest BCUT2D eigenvalue weighted by molar-refractivity contribution is 6.24. The third-order valence-electron chi connectivity index (χ3n) is 16.5. The largest absolute Gasteiger partial charge is 0.309 e. The van der Waals surface area contributed by atoms with Crippen LogP contribution in [-0.2, 0) is 10.8 Å². The molecule has 0 N–H and O–H groups in total. The summed E-state index contributed by atoms with van der Waals surface area (Å²) < 4.78 is 4.97. The second-order valence-corrected chi connectivity index (χ2v) is 20.7. The Hall–Kier alpha value is -8.46. The van der Waals surface area contributed by atoms with Gasteiger partial charge in [-0.2, -0.15) is 0 Å². The minimum absolute atomic E-state index is 0.233. The van der Waals surface area contributed by atoms with Gasteiger partial charge in [0.25, 0.3) is 0 Å². The maximum Gasteiger partial charge on any atom is 0.0541 e. The van der Waals surface area contributed by atoms with E-state index in [1.165, 1.54) is 132 Å². The molecule has 0 bridgehead atoms. The molecule has 70 heavy (non-hydrogen) atoms. The van der Waals surface area contributed by atoms with Gasteiger partial charge in [-0.1, -0.05) is 198 Å². The first kappa shape index (κ1) is 39.5. The number of hydrogen-bond donors (Lipinski definition) is 0. The van der Waals surface area contributed by atoms with Gasteiger partial charge in [0.05, 0.1) is 22.1 Å². The van der Waals surface area contributed by atoms with Crippen molar-refractivity contribution in [3.05, 3.63) is 241 Å². The molecule has 330 valence electrons. The molecule has 0 saturated carbocycles. The maximum atomic E-state index is 2.52. The Bertz CT molecular complexity index is 4030. The zero-order chi connectivity index (χ0) is 46.6. The zero-order valence-corrected chi connectivity index (χ0v) is 39.7. The van der Waals surface area contributed by atoms with Crippen LogP contribution in [0.2, 0.25) is 0 Å². The number of para-hydroxylation sites is 4. The van der Waals surface area contributed by atoms with Crippen LogP contribution in [0.4, 0.5) is 0 Å². The number of aromatic nitrogens is 2. The van der Waals surface area contributed by atoms with Crippen molar-refractivity contribution in [1.29, 1.82) is 0 Å². The van der Waals surface area contributed by atoms with Crippen molar-refractivity contribution in [2.45, 2.75) is 38.5 Å². The maximum absolute atomic E-state index is 2.52. The van der Waals surface area contributed by atoms with Gasteiger partial charge < -0.3 is 9.13 Å². The third-order valence-corrected chi connectivity index (χ3v) is 16.5. The van der Waals surface area contributed by atoms with E-state index < -0.39 is 0 Å². The van der Waals surface area contributed by atoms with E-state index in [2.05, 4.69) is 255 Å². The van der Waals surface area contributed by atoms with Gasteiger partial charge in [0.15, 0.2) is 0 Å². The lowest BCUT2D eigenvalue weighted by Crippen LogP contribution is -2.17. The molecule has 2 aliphatic carbocycles. The summed E-state index contributed by atoms with van der Waals surface area (Å²) in [6.45, 7) is 9.71. The van der Waals surface area contributed by atoms with Gasteiger partial charge in [-0.25, -0.2) is 0 Å². The highest BCUT2D eigenvalue weighted by Crippen LogP contribution is 2.58. The van der Waals surface area contributed by atoms with Gasteiger partial charge in [-0.3, -0.25) is 0 Å². The number of rotatable bonds is 4. The van der Waals surface area contributed by atoms with Crippen LogP contribution in [0.25, 0.3) is 121 Å². The van der Waals surface area contributed by atoms with Crippen LogP contribution < -0.4 is 0 Å². The van der Waals surface area contributed by atoms with E-state index in [-0.39, 0.29) is 10.8 Å². The van der Waals surface area contributed by atoms with Crippen LogP contribution in [0.3, 0.4) is 0 Å². The smallest absolute Gasteiger partial charge is 0.0541 e. The van der Waals surface area contributed by atoms with Crippen molar-refractivity contribution in [3.63, 3.8) is 0 Å². The molecular formula is C68H48N2. The van der Waals surface area contributed by atoms with E-state index in [1.54, 1.807) is 0 Å². The standard InChI is InChI=1S/C68H48N2/c1-67(2)57-29-11-5-19-43(57)51-25-17-27-53(65(51)67)63-49-37-35-42(70-61-33-15-9-23-47(61)48-24-10-16-34-62(48)70)40-56(49)64(54-28-18-26-52-44-20-6-12-30-58(44)68(3,4)66(52)54)50-38-36-41(39-55(50)63)69-59-31-13-7-21-45(59)46-22-8-14-32-60(46)69/h5-40H,1-4H3. The lowest BCUT2D eigenvalue weighted by atomic mass is 9.75. The van der Waals surface area contributed by atoms with E-state index in [0.717, 1.165) is 11.4 Å². The summed E-state index contributed by atoms with van der Waals surface area (Å²) in [4.78, 5) is 0. The van der Waals surface area contributed by atoms with Crippen LogP contribution in [-0.4, -0.2) is 9.13 Å². The van der Waals surface area contributed by atoms with Crippen molar-refractivity contribution in [3.8, 4) is 55.9 Å². The zero-order valence-electron chi connectivity index (χ0n) is 39.7. The van der Waals surface area contributed by atoms with Crippen molar-refractivity contribution in [2.75, 3.05) is 0 Å². The molecule has 2 heteroatoms. The van der Waals surface area contributed by atoms with E-state index in [4.69, 9.17) is 0 Å². The Morgan fingerprint density at radius 2 is 0.571 bits per heavy atom. The van der Waals surface area contributed by atoms with Crippen LogP contribution in [0.15, 0.2) is 218 Å². The molecule has 0 spiro atoms. The van der Waals surface area contributed by atoms with Crippen molar-refractivity contribution in [2.24, 2.45) is 0 Å². The monoisotopic (exact) mass is 892 g/mol. The average molecular weight is 893 g/mol. The van der Waals surface area contributed by atoms with Gasteiger partial charge >= 0.3 is 0 Å². The number of nitrogens with zero attached hydrogens (tertiary/aromatic N) is 2. The molecule has 0 atom stereocenters. The molecule has 15 rings (SSSR count). The number of fused-ring (bicyclic) bond motifs is 14. The Morgan fingerprint density at radius 3 is 0.957 bits per heavy atom. The van der Waals surface area contributed by atoms with Crippen molar-refractivity contribution in [1.82, 2.24) is 9.13 Å². The van der Waals surface area contributed by atoms with E-state index >= 15 is 0 Å². The third kappa shape index (κ3) is 5.12. The number of benzene rings is 11. The van der Waals surface area contributed by atoms with Crippen molar-refractivity contribution < 1.29 is 0 Å². The molecule has 11 aromatic carbocycles. The topological polar surface area (TPSA) is 9.86 Å². The van der Waals surface area contributed by atoms with Crippen molar-refractivity contribution >= 4 is 65.2 Å². The first-order valence-corrected chi connectivity index (χ1v) is 24.8. The van der Waals surface area contributed by atoms with E-state index in [1.807, 2.05) is 0 Å². The molecule has 0 unspecified atom stereocenters. The highest BCUT2D eigenvalue weighted by Gasteiger charge is 2.40. The van der Waals surface area contributed by atoms with E-state index in [9.17, 15) is 0 Å². The minimum atomic E-state index is -0.233. The summed E-state index contributed by atoms with van der Waals surface area (Å²) in [6, 6.07) is 82.5. The lowest BCUT2D eigenvalue weighted by molar-refractivity contribution is 0.662. The summed E-state index contributed by atoms with van der Waals surface area (Å²) >= 11 is 0. The predicted molar refractivity (Wildman–Crippen MR) is 296 cm³/mol. The van der Waals surface area contributed by atoms with Gasteiger partial charge in [-0.05, 0) is 137 Å². The van der Waals surface area contributed by atoms with Crippen LogP contribution in [0, 0.1) is 0 Å². The molecule has 0 radical (unpaired) electrons. The Balaban J connectivity index is 1.14. The van der Waals surface area contributed by atoms with Gasteiger partial charge in [0.1, 0.15) is 0 Å². The second kappa shape index (κ2) is 14.1. The molecule has 13 aromatic rings. The summed E-state index contributed by atoms with van der Waals surface area (Å²) in [6.07, 6.45) is 0. The summed E-state index contributed by atoms with van der Waals surface area (Å²) in [7, 11) is 0. The fourth-order valence-corrected chi connectivity index (χ4v) is 13.6. The van der Waals surface area contributed by atoms with Gasteiger partial charge in [-0.15, -0.1) is 0 Å². The molecule has 0 fully saturated rings. The molecule has 0 aliphatic heterocycles. The fourth-order valence-electron chi connectivity index (χ4n) is 13.6. The minimum Gasteiger partial charge on any atom is -0.309 e. The SMILES string of the molecule is CC1(C)c2ccccc2-c2cccc(-c3c4ccc(-n5c6ccccc6c6ccccc65)cc4c(-c4cccc5c4C(C)(C)c4ccccc4-5)c4ccc(-n5c6ccccc6c6ccccc65)cc34)c21. The second-order valence-electron chi connectivity index (χ2n) is 20.7. The molecule has 2 heterocycles. The number of hydrogen-bond acceptors (Lipinski definition) is 0. The Kier molecular flexibility index (Phi) is 7.94. The Morgan fingerprint density at radius 1 is 0.257 bits per heavy atom.